The van der Waals surface area contributed by atoms with E-state index in [-0.39, 0.29) is 28.6 Å². The molecular formula is C25H37NO3. The van der Waals surface area contributed by atoms with E-state index in [1.165, 1.54) is 32.1 Å². The molecule has 7 atom stereocenters. The number of carbonyl (C=O) groups excluding carboxylic acids is 2. The molecule has 3 saturated carbocycles. The van der Waals surface area contributed by atoms with E-state index in [1.54, 1.807) is 0 Å². The van der Waals surface area contributed by atoms with Gasteiger partial charge in [0.15, 0.2) is 0 Å². The largest absolute Gasteiger partial charge is 0.392 e. The van der Waals surface area contributed by atoms with Crippen LogP contribution in [0, 0.1) is 39.4 Å². The Morgan fingerprint density at radius 1 is 0.862 bits per heavy atom. The molecule has 5 aliphatic rings. The summed E-state index contributed by atoms with van der Waals surface area (Å²) < 4.78 is 0. The van der Waals surface area contributed by atoms with Gasteiger partial charge in [-0.25, -0.2) is 0 Å². The molecule has 0 saturated heterocycles. The first kappa shape index (κ1) is 19.8. The fourth-order valence-corrected chi connectivity index (χ4v) is 9.59. The Labute approximate surface area is 174 Å². The maximum Gasteiger partial charge on any atom is 0.255 e. The monoisotopic (exact) mass is 399 g/mol. The van der Waals surface area contributed by atoms with Crippen molar-refractivity contribution in [1.29, 1.82) is 0 Å². The fraction of sp³-hybridized carbons (Fsp3) is 0.840. The Morgan fingerprint density at radius 2 is 1.55 bits per heavy atom. The van der Waals surface area contributed by atoms with Crippen molar-refractivity contribution in [3.63, 3.8) is 0 Å². The summed E-state index contributed by atoms with van der Waals surface area (Å²) in [5.74, 6) is 0.949. The van der Waals surface area contributed by atoms with Crippen molar-refractivity contribution in [2.24, 2.45) is 39.4 Å². The van der Waals surface area contributed by atoms with Crippen LogP contribution in [0.2, 0.25) is 0 Å². The number of amides is 2. The SMILES string of the molecule is CC1(C)CCC[C@]2(C)[C@H]3C[C@@H](O)[C@]4(C)C5=C(CC[C@H]4[C@]3(C)CC[C@@H]12)C(=O)NC5=O. The number of hydrogen-bond acceptors (Lipinski definition) is 3. The van der Waals surface area contributed by atoms with Crippen LogP contribution in [0.3, 0.4) is 0 Å². The molecule has 0 aromatic heterocycles. The van der Waals surface area contributed by atoms with E-state index < -0.39 is 11.5 Å². The van der Waals surface area contributed by atoms with Crippen molar-refractivity contribution < 1.29 is 14.7 Å². The molecule has 0 aromatic carbocycles. The molecule has 29 heavy (non-hydrogen) atoms. The van der Waals surface area contributed by atoms with Crippen molar-refractivity contribution in [2.75, 3.05) is 0 Å². The second kappa shape index (κ2) is 5.75. The van der Waals surface area contributed by atoms with Gasteiger partial charge in [-0.3, -0.25) is 14.9 Å². The normalized spacial score (nSPS) is 51.0. The molecule has 5 rings (SSSR count). The lowest BCUT2D eigenvalue weighted by molar-refractivity contribution is -0.217. The van der Waals surface area contributed by atoms with Gasteiger partial charge in [0, 0.05) is 16.6 Å². The smallest absolute Gasteiger partial charge is 0.255 e. The lowest BCUT2D eigenvalue weighted by Crippen LogP contribution is -2.65. The highest BCUT2D eigenvalue weighted by Gasteiger charge is 2.68. The molecule has 4 heteroatoms. The third-order valence-electron chi connectivity index (χ3n) is 10.8. The Balaban J connectivity index is 1.61. The van der Waals surface area contributed by atoms with E-state index in [9.17, 15) is 14.7 Å². The lowest BCUT2D eigenvalue weighted by atomic mass is 9.35. The number of rotatable bonds is 0. The Bertz CT molecular complexity index is 828. The molecule has 0 spiro atoms. The van der Waals surface area contributed by atoms with Crippen LogP contribution in [0.5, 0.6) is 0 Å². The van der Waals surface area contributed by atoms with Crippen molar-refractivity contribution >= 4 is 11.8 Å². The zero-order valence-corrected chi connectivity index (χ0v) is 18.7. The first-order valence-corrected chi connectivity index (χ1v) is 11.7. The molecular weight excluding hydrogens is 362 g/mol. The van der Waals surface area contributed by atoms with Gasteiger partial charge >= 0.3 is 0 Å². The van der Waals surface area contributed by atoms with Crippen molar-refractivity contribution in [2.45, 2.75) is 92.1 Å². The van der Waals surface area contributed by atoms with Gasteiger partial charge in [0.05, 0.1) is 6.10 Å². The van der Waals surface area contributed by atoms with Crippen molar-refractivity contribution in [1.82, 2.24) is 5.32 Å². The number of carbonyl (C=O) groups is 2. The fourth-order valence-electron chi connectivity index (χ4n) is 9.59. The molecule has 1 aliphatic heterocycles. The van der Waals surface area contributed by atoms with E-state index in [0.717, 1.165) is 12.8 Å². The summed E-state index contributed by atoms with van der Waals surface area (Å²) in [5.41, 5.74) is 1.37. The molecule has 4 aliphatic carbocycles. The van der Waals surface area contributed by atoms with Gasteiger partial charge in [0.1, 0.15) is 0 Å². The van der Waals surface area contributed by atoms with Gasteiger partial charge in [-0.1, -0.05) is 41.0 Å². The molecule has 0 aromatic rings. The predicted octanol–water partition coefficient (Wildman–Crippen LogP) is 4.37. The summed E-state index contributed by atoms with van der Waals surface area (Å²) in [4.78, 5) is 25.1. The molecule has 2 amide bonds. The average Bonchev–Trinajstić information content (AvgIpc) is 2.91. The van der Waals surface area contributed by atoms with E-state index >= 15 is 0 Å². The third-order valence-corrected chi connectivity index (χ3v) is 10.8. The van der Waals surface area contributed by atoms with Gasteiger partial charge in [-0.15, -0.1) is 0 Å². The van der Waals surface area contributed by atoms with Gasteiger partial charge in [0.25, 0.3) is 11.8 Å². The Hall–Kier alpha value is -1.16. The molecule has 0 radical (unpaired) electrons. The quantitative estimate of drug-likeness (QED) is 0.595. The molecule has 160 valence electrons. The van der Waals surface area contributed by atoms with Gasteiger partial charge < -0.3 is 5.11 Å². The summed E-state index contributed by atoms with van der Waals surface area (Å²) >= 11 is 0. The van der Waals surface area contributed by atoms with E-state index in [1.807, 2.05) is 0 Å². The number of imide groups is 1. The first-order valence-electron chi connectivity index (χ1n) is 11.7. The van der Waals surface area contributed by atoms with Crippen LogP contribution in [0.4, 0.5) is 0 Å². The minimum atomic E-state index is -0.609. The zero-order chi connectivity index (χ0) is 21.0. The summed E-state index contributed by atoms with van der Waals surface area (Å²) in [7, 11) is 0. The van der Waals surface area contributed by atoms with E-state index in [2.05, 4.69) is 39.9 Å². The number of aliphatic hydroxyl groups is 1. The van der Waals surface area contributed by atoms with Gasteiger partial charge in [-0.2, -0.15) is 0 Å². The number of aliphatic hydroxyl groups excluding tert-OH is 1. The molecule has 1 heterocycles. The van der Waals surface area contributed by atoms with Crippen LogP contribution in [-0.2, 0) is 9.59 Å². The molecule has 4 nitrogen and oxygen atoms in total. The topological polar surface area (TPSA) is 66.4 Å². The highest BCUT2D eigenvalue weighted by atomic mass is 16.3. The minimum Gasteiger partial charge on any atom is -0.392 e. The molecule has 0 bridgehead atoms. The second-order valence-electron chi connectivity index (χ2n) is 12.3. The molecule has 3 fully saturated rings. The lowest BCUT2D eigenvalue weighted by Gasteiger charge is -2.69. The summed E-state index contributed by atoms with van der Waals surface area (Å²) in [6, 6.07) is 0. The molecule has 0 unspecified atom stereocenters. The van der Waals surface area contributed by atoms with Gasteiger partial charge in [-0.05, 0) is 78.9 Å². The third kappa shape index (κ3) is 2.25. The molecule has 2 N–H and O–H groups in total. The minimum absolute atomic E-state index is 0.108. The van der Waals surface area contributed by atoms with Crippen LogP contribution in [-0.4, -0.2) is 23.0 Å². The highest BCUT2D eigenvalue weighted by Crippen LogP contribution is 2.73. The summed E-state index contributed by atoms with van der Waals surface area (Å²) in [6.07, 6.45) is 8.03. The van der Waals surface area contributed by atoms with Crippen molar-refractivity contribution in [3.8, 4) is 0 Å². The highest BCUT2D eigenvalue weighted by molar-refractivity contribution is 6.20. The Kier molecular flexibility index (Phi) is 3.92. The van der Waals surface area contributed by atoms with Crippen LogP contribution in [0.25, 0.3) is 0 Å². The van der Waals surface area contributed by atoms with Crippen LogP contribution in [0.15, 0.2) is 11.1 Å². The number of fused-ring (bicyclic) bond motifs is 6. The van der Waals surface area contributed by atoms with Crippen LogP contribution < -0.4 is 5.32 Å². The maximum absolute atomic E-state index is 12.8. The second-order valence-corrected chi connectivity index (χ2v) is 12.3. The predicted molar refractivity (Wildman–Crippen MR) is 112 cm³/mol. The number of hydrogen-bond donors (Lipinski definition) is 2. The summed E-state index contributed by atoms with van der Waals surface area (Å²) in [6.45, 7) is 11.9. The summed E-state index contributed by atoms with van der Waals surface area (Å²) in [5, 5.41) is 14.1. The number of nitrogens with one attached hydrogen (secondary N) is 1. The van der Waals surface area contributed by atoms with Gasteiger partial charge in [0.2, 0.25) is 0 Å². The van der Waals surface area contributed by atoms with Crippen LogP contribution in [0.1, 0.15) is 86.0 Å². The zero-order valence-electron chi connectivity index (χ0n) is 18.7. The average molecular weight is 400 g/mol. The van der Waals surface area contributed by atoms with Crippen LogP contribution >= 0.6 is 0 Å². The maximum atomic E-state index is 12.8. The van der Waals surface area contributed by atoms with Crippen molar-refractivity contribution in [3.05, 3.63) is 11.1 Å². The van der Waals surface area contributed by atoms with E-state index in [4.69, 9.17) is 0 Å². The van der Waals surface area contributed by atoms with E-state index in [0.29, 0.717) is 34.8 Å². The Morgan fingerprint density at radius 3 is 2.28 bits per heavy atom. The standard InChI is InChI=1S/C25H37NO3/c1-22(2)10-6-11-23(3)15(22)9-12-24(4)16-8-7-14-19(21(29)26-20(14)28)25(16,5)18(27)13-17(23)24/h15-18,27H,6-13H2,1-5H3,(H,26,28,29)/t15-,16-,17+,18+,23-,24-,25+/m0/s1. The first-order chi connectivity index (χ1) is 13.5.